The Labute approximate surface area is 129 Å². The molecule has 0 aliphatic carbocycles. The third-order valence-corrected chi connectivity index (χ3v) is 4.59. The zero-order valence-electron chi connectivity index (χ0n) is 11.6. The Morgan fingerprint density at radius 2 is 2.00 bits per heavy atom. The van der Waals surface area contributed by atoms with Gasteiger partial charge in [-0.3, -0.25) is 5.32 Å². The molecule has 0 aliphatic heterocycles. The highest BCUT2D eigenvalue weighted by Gasteiger charge is 2.20. The van der Waals surface area contributed by atoms with Crippen LogP contribution in [0.5, 0.6) is 0 Å². The summed E-state index contributed by atoms with van der Waals surface area (Å²) in [7, 11) is 0. The summed E-state index contributed by atoms with van der Waals surface area (Å²) >= 11 is 5.31. The van der Waals surface area contributed by atoms with Crippen LogP contribution in [-0.4, -0.2) is 17.8 Å². The van der Waals surface area contributed by atoms with E-state index in [0.29, 0.717) is 0 Å². The number of nitrogens with one attached hydrogen (secondary N) is 1. The van der Waals surface area contributed by atoms with E-state index >= 15 is 0 Å². The molecule has 0 aromatic heterocycles. The van der Waals surface area contributed by atoms with Crippen LogP contribution in [0.25, 0.3) is 0 Å². The van der Waals surface area contributed by atoms with E-state index in [1.165, 1.54) is 4.90 Å². The molecule has 0 saturated heterocycles. The average molecular weight is 341 g/mol. The van der Waals surface area contributed by atoms with E-state index in [1.54, 1.807) is 0 Å². The lowest BCUT2D eigenvalue weighted by molar-refractivity contribution is 0.415. The number of hydrogen-bond donors (Lipinski definition) is 1. The van der Waals surface area contributed by atoms with Gasteiger partial charge in [-0.25, -0.2) is 0 Å². The topological polar surface area (TPSA) is 35.8 Å². The van der Waals surface area contributed by atoms with E-state index in [2.05, 4.69) is 51.6 Å². The molecule has 19 heavy (non-hydrogen) atoms. The number of rotatable bonds is 8. The molecule has 0 fully saturated rings. The molecule has 0 bridgehead atoms. The van der Waals surface area contributed by atoms with Crippen molar-refractivity contribution in [3.8, 4) is 6.07 Å². The van der Waals surface area contributed by atoms with Crippen LogP contribution < -0.4 is 5.32 Å². The lowest BCUT2D eigenvalue weighted by Gasteiger charge is -2.22. The zero-order valence-corrected chi connectivity index (χ0v) is 14.0. The van der Waals surface area contributed by atoms with Crippen molar-refractivity contribution in [2.45, 2.75) is 43.5 Å². The molecule has 1 unspecified atom stereocenters. The fourth-order valence-corrected chi connectivity index (χ4v) is 3.05. The second-order valence-electron chi connectivity index (χ2n) is 4.73. The van der Waals surface area contributed by atoms with Crippen molar-refractivity contribution in [3.63, 3.8) is 0 Å². The van der Waals surface area contributed by atoms with Crippen LogP contribution in [-0.2, 0) is 0 Å². The minimum atomic E-state index is -0.364. The first-order chi connectivity index (χ1) is 9.09. The van der Waals surface area contributed by atoms with Gasteiger partial charge in [0, 0.05) is 9.37 Å². The smallest absolute Gasteiger partial charge is 0.103 e. The molecule has 1 aromatic carbocycles. The summed E-state index contributed by atoms with van der Waals surface area (Å²) in [6, 6.07) is 10.8. The molecule has 1 atom stereocenters. The maximum atomic E-state index is 9.15. The van der Waals surface area contributed by atoms with Crippen molar-refractivity contribution in [3.05, 3.63) is 28.7 Å². The summed E-state index contributed by atoms with van der Waals surface area (Å²) in [6.07, 6.45) is 3.14. The van der Waals surface area contributed by atoms with E-state index in [1.807, 2.05) is 25.6 Å². The Morgan fingerprint density at radius 3 is 2.58 bits per heavy atom. The molecular weight excluding hydrogens is 320 g/mol. The van der Waals surface area contributed by atoms with Gasteiger partial charge in [0.25, 0.3) is 0 Å². The molecule has 0 radical (unpaired) electrons. The third-order valence-electron chi connectivity index (χ3n) is 2.97. The zero-order chi connectivity index (χ0) is 14.1. The van der Waals surface area contributed by atoms with Gasteiger partial charge in [0.15, 0.2) is 0 Å². The Kier molecular flexibility index (Phi) is 7.52. The van der Waals surface area contributed by atoms with Crippen molar-refractivity contribution in [1.82, 2.24) is 5.32 Å². The summed E-state index contributed by atoms with van der Waals surface area (Å²) in [4.78, 5) is 1.30. The summed E-state index contributed by atoms with van der Waals surface area (Å²) in [5.74, 6) is 1.11. The minimum absolute atomic E-state index is 0.364. The van der Waals surface area contributed by atoms with Crippen LogP contribution in [0.15, 0.2) is 33.6 Å². The number of hydrogen-bond acceptors (Lipinski definition) is 3. The molecule has 0 saturated carbocycles. The molecule has 0 aliphatic rings. The Morgan fingerprint density at radius 1 is 1.32 bits per heavy atom. The summed E-state index contributed by atoms with van der Waals surface area (Å²) < 4.78 is 1.12. The lowest BCUT2D eigenvalue weighted by Crippen LogP contribution is -2.40. The van der Waals surface area contributed by atoms with E-state index in [4.69, 9.17) is 5.26 Å². The van der Waals surface area contributed by atoms with Gasteiger partial charge in [0.2, 0.25) is 0 Å². The second kappa shape index (κ2) is 8.63. The Bertz CT molecular complexity index is 413. The number of halogens is 1. The fraction of sp³-hybridized carbons (Fsp3) is 0.533. The van der Waals surface area contributed by atoms with E-state index < -0.39 is 0 Å². The molecule has 4 heteroatoms. The fourth-order valence-electron chi connectivity index (χ4n) is 1.88. The van der Waals surface area contributed by atoms with Crippen molar-refractivity contribution in [1.29, 1.82) is 5.26 Å². The molecule has 1 N–H and O–H groups in total. The molecule has 0 heterocycles. The van der Waals surface area contributed by atoms with Crippen molar-refractivity contribution in [2.75, 3.05) is 12.3 Å². The van der Waals surface area contributed by atoms with Crippen molar-refractivity contribution < 1.29 is 0 Å². The predicted octanol–water partition coefficient (Wildman–Crippen LogP) is 4.60. The van der Waals surface area contributed by atoms with Crippen LogP contribution in [0.4, 0.5) is 0 Å². The summed E-state index contributed by atoms with van der Waals surface area (Å²) in [6.45, 7) is 4.87. The third kappa shape index (κ3) is 6.47. The normalized spacial score (nSPS) is 13.8. The highest BCUT2D eigenvalue weighted by Crippen LogP contribution is 2.22. The van der Waals surface area contributed by atoms with Crippen LogP contribution in [0.2, 0.25) is 0 Å². The van der Waals surface area contributed by atoms with Gasteiger partial charge in [-0.15, -0.1) is 11.8 Å². The lowest BCUT2D eigenvalue weighted by atomic mass is 9.97. The summed E-state index contributed by atoms with van der Waals surface area (Å²) in [5, 5.41) is 12.4. The van der Waals surface area contributed by atoms with Gasteiger partial charge >= 0.3 is 0 Å². The maximum absolute atomic E-state index is 9.15. The first-order valence-corrected chi connectivity index (χ1v) is 8.42. The number of thioether (sulfide) groups is 1. The number of benzene rings is 1. The molecule has 2 nitrogen and oxygen atoms in total. The SMILES string of the molecule is CCNC(C)(C#N)CCCCSc1ccc(Br)cc1. The quantitative estimate of drug-likeness (QED) is 0.554. The van der Waals surface area contributed by atoms with Gasteiger partial charge in [0.1, 0.15) is 5.54 Å². The first-order valence-electron chi connectivity index (χ1n) is 6.64. The van der Waals surface area contributed by atoms with Crippen LogP contribution in [0, 0.1) is 11.3 Å². The van der Waals surface area contributed by atoms with Gasteiger partial charge in [-0.1, -0.05) is 22.9 Å². The first kappa shape index (κ1) is 16.6. The highest BCUT2D eigenvalue weighted by molar-refractivity contribution is 9.10. The van der Waals surface area contributed by atoms with Gasteiger partial charge in [-0.05, 0) is 62.7 Å². The Hall–Kier alpha value is -0.500. The van der Waals surface area contributed by atoms with Crippen molar-refractivity contribution >= 4 is 27.7 Å². The van der Waals surface area contributed by atoms with Crippen molar-refractivity contribution in [2.24, 2.45) is 0 Å². The maximum Gasteiger partial charge on any atom is 0.103 e. The molecule has 1 aromatic rings. The standard InChI is InChI=1S/C15H21BrN2S/c1-3-18-15(2,12-17)10-4-5-11-19-14-8-6-13(16)7-9-14/h6-9,18H,3-5,10-11H2,1-2H3. The van der Waals surface area contributed by atoms with E-state index in [0.717, 1.165) is 36.0 Å². The Balaban J connectivity index is 2.21. The monoisotopic (exact) mass is 340 g/mol. The number of nitrogens with zero attached hydrogens (tertiary/aromatic N) is 1. The molecular formula is C15H21BrN2S. The second-order valence-corrected chi connectivity index (χ2v) is 6.82. The number of unbranched alkanes of at least 4 members (excludes halogenated alkanes) is 1. The molecule has 1 rings (SSSR count). The largest absolute Gasteiger partial charge is 0.300 e. The van der Waals surface area contributed by atoms with Gasteiger partial charge < -0.3 is 0 Å². The highest BCUT2D eigenvalue weighted by atomic mass is 79.9. The van der Waals surface area contributed by atoms with Crippen LogP contribution in [0.1, 0.15) is 33.1 Å². The van der Waals surface area contributed by atoms with Gasteiger partial charge in [-0.2, -0.15) is 5.26 Å². The molecule has 0 spiro atoms. The number of nitriles is 1. The predicted molar refractivity (Wildman–Crippen MR) is 86.4 cm³/mol. The van der Waals surface area contributed by atoms with E-state index in [9.17, 15) is 0 Å². The minimum Gasteiger partial charge on any atom is -0.300 e. The van der Waals surface area contributed by atoms with E-state index in [-0.39, 0.29) is 5.54 Å². The average Bonchev–Trinajstić information content (AvgIpc) is 2.41. The summed E-state index contributed by atoms with van der Waals surface area (Å²) in [5.41, 5.74) is -0.364. The van der Waals surface area contributed by atoms with Gasteiger partial charge in [0.05, 0.1) is 6.07 Å². The molecule has 0 amide bonds. The van der Waals surface area contributed by atoms with Crippen LogP contribution in [0.3, 0.4) is 0 Å². The van der Waals surface area contributed by atoms with Crippen LogP contribution >= 0.6 is 27.7 Å². The molecule has 104 valence electrons.